The zero-order chi connectivity index (χ0) is 23.5. The molecule has 0 amide bonds. The number of aryl methyl sites for hydroxylation is 2. The minimum Gasteiger partial charge on any atom is -0.485 e. The molecule has 0 unspecified atom stereocenters. The molecular formula is C28H31NO4. The van der Waals surface area contributed by atoms with E-state index in [0.717, 1.165) is 58.8 Å². The van der Waals surface area contributed by atoms with Crippen LogP contribution in [-0.4, -0.2) is 17.0 Å². The number of carbonyl (C=O) groups is 1. The maximum absolute atomic E-state index is 13.0. The van der Waals surface area contributed by atoms with E-state index in [9.17, 15) is 9.59 Å². The maximum Gasteiger partial charge on any atom is 0.339 e. The standard InChI is InChI=1S/C28H31NO4/c1-5-6-7-8-11-22-18(2)21-15-14-20(16-26(21)33-28(22)31)32-17-25(30)27-19(3)29(4)24-13-10-9-12-23(24)27/h9-10,12-16H,5-8,11,17H2,1-4H3. The van der Waals surface area contributed by atoms with Crippen molar-refractivity contribution >= 4 is 27.7 Å². The number of carbonyl (C=O) groups excluding carboxylic acids is 1. The van der Waals surface area contributed by atoms with Crippen molar-refractivity contribution in [1.82, 2.24) is 4.57 Å². The van der Waals surface area contributed by atoms with Crippen molar-refractivity contribution < 1.29 is 13.9 Å². The number of ether oxygens (including phenoxy) is 1. The third-order valence-corrected chi connectivity index (χ3v) is 6.59. The number of unbranched alkanes of at least 4 members (excludes halogenated alkanes) is 3. The average Bonchev–Trinajstić information content (AvgIpc) is 3.07. The first kappa shape index (κ1) is 22.8. The average molecular weight is 446 g/mol. The molecule has 0 radical (unpaired) electrons. The van der Waals surface area contributed by atoms with E-state index < -0.39 is 0 Å². The van der Waals surface area contributed by atoms with Gasteiger partial charge in [0.25, 0.3) is 0 Å². The molecule has 0 atom stereocenters. The highest BCUT2D eigenvalue weighted by Crippen LogP contribution is 2.27. The summed E-state index contributed by atoms with van der Waals surface area (Å²) in [6.45, 7) is 6.01. The summed E-state index contributed by atoms with van der Waals surface area (Å²) >= 11 is 0. The quantitative estimate of drug-likeness (QED) is 0.173. The molecule has 5 heteroatoms. The molecule has 4 rings (SSSR count). The molecule has 4 aromatic rings. The topological polar surface area (TPSA) is 61.4 Å². The van der Waals surface area contributed by atoms with Gasteiger partial charge in [0.05, 0.1) is 0 Å². The minimum absolute atomic E-state index is 0.0792. The molecule has 0 aliphatic heterocycles. The fraction of sp³-hybridized carbons (Fsp3) is 0.357. The summed E-state index contributed by atoms with van der Waals surface area (Å²) < 4.78 is 13.5. The van der Waals surface area contributed by atoms with Gasteiger partial charge in [-0.25, -0.2) is 4.79 Å². The Morgan fingerprint density at radius 1 is 1.03 bits per heavy atom. The highest BCUT2D eigenvalue weighted by atomic mass is 16.5. The normalized spacial score (nSPS) is 11.4. The van der Waals surface area contributed by atoms with Crippen LogP contribution in [0.15, 0.2) is 51.7 Å². The summed E-state index contributed by atoms with van der Waals surface area (Å²) in [5.41, 5.74) is 4.55. The number of fused-ring (bicyclic) bond motifs is 2. The van der Waals surface area contributed by atoms with Crippen LogP contribution in [0.3, 0.4) is 0 Å². The number of ketones is 1. The molecule has 33 heavy (non-hydrogen) atoms. The van der Waals surface area contributed by atoms with Crippen LogP contribution in [0.2, 0.25) is 0 Å². The van der Waals surface area contributed by atoms with Gasteiger partial charge in [-0.1, -0.05) is 44.4 Å². The van der Waals surface area contributed by atoms with Crippen molar-refractivity contribution in [3.8, 4) is 5.75 Å². The second-order valence-corrected chi connectivity index (χ2v) is 8.71. The largest absolute Gasteiger partial charge is 0.485 e. The molecule has 0 bridgehead atoms. The predicted molar refractivity (Wildman–Crippen MR) is 133 cm³/mol. The monoisotopic (exact) mass is 445 g/mol. The summed E-state index contributed by atoms with van der Waals surface area (Å²) in [4.78, 5) is 25.6. The molecule has 172 valence electrons. The van der Waals surface area contributed by atoms with Gasteiger partial charge in [0.15, 0.2) is 6.61 Å². The summed E-state index contributed by atoms with van der Waals surface area (Å²) in [6, 6.07) is 13.3. The van der Waals surface area contributed by atoms with Crippen molar-refractivity contribution in [3.63, 3.8) is 0 Å². The molecule has 0 saturated carbocycles. The van der Waals surface area contributed by atoms with Gasteiger partial charge in [0, 0.05) is 46.2 Å². The first-order valence-electron chi connectivity index (χ1n) is 11.7. The molecule has 0 fully saturated rings. The lowest BCUT2D eigenvalue weighted by Crippen LogP contribution is -2.13. The van der Waals surface area contributed by atoms with Crippen LogP contribution in [0, 0.1) is 13.8 Å². The fourth-order valence-electron chi connectivity index (χ4n) is 4.58. The van der Waals surface area contributed by atoms with E-state index in [1.54, 1.807) is 6.07 Å². The first-order valence-corrected chi connectivity index (χ1v) is 11.7. The molecule has 0 spiro atoms. The Balaban J connectivity index is 1.54. The number of aromatic nitrogens is 1. The Morgan fingerprint density at radius 2 is 1.82 bits per heavy atom. The molecule has 2 aromatic carbocycles. The molecule has 0 aliphatic rings. The zero-order valence-electron chi connectivity index (χ0n) is 19.9. The molecule has 0 aliphatic carbocycles. The minimum atomic E-state index is -0.281. The molecule has 2 aromatic heterocycles. The lowest BCUT2D eigenvalue weighted by atomic mass is 10.0. The summed E-state index contributed by atoms with van der Waals surface area (Å²) in [7, 11) is 1.96. The van der Waals surface area contributed by atoms with Crippen molar-refractivity contribution in [2.75, 3.05) is 6.61 Å². The third kappa shape index (κ3) is 4.45. The Morgan fingerprint density at radius 3 is 2.61 bits per heavy atom. The van der Waals surface area contributed by atoms with Gasteiger partial charge in [-0.2, -0.15) is 0 Å². The van der Waals surface area contributed by atoms with Crippen molar-refractivity contribution in [3.05, 3.63) is 75.3 Å². The van der Waals surface area contributed by atoms with Crippen LogP contribution in [0.1, 0.15) is 59.8 Å². The van der Waals surface area contributed by atoms with E-state index in [1.807, 2.05) is 61.9 Å². The molecule has 2 heterocycles. The van der Waals surface area contributed by atoms with Crippen molar-refractivity contribution in [1.29, 1.82) is 0 Å². The van der Waals surface area contributed by atoms with Gasteiger partial charge in [-0.05, 0) is 50.5 Å². The Labute approximate surface area is 194 Å². The Bertz CT molecular complexity index is 1380. The maximum atomic E-state index is 13.0. The van der Waals surface area contributed by atoms with Crippen LogP contribution >= 0.6 is 0 Å². The smallest absolute Gasteiger partial charge is 0.339 e. The zero-order valence-corrected chi connectivity index (χ0v) is 19.9. The molecule has 5 nitrogen and oxygen atoms in total. The number of Topliss-reactive ketones (excluding diaryl/α,β-unsaturated/α-hetero) is 1. The van der Waals surface area contributed by atoms with Gasteiger partial charge in [0.1, 0.15) is 11.3 Å². The third-order valence-electron chi connectivity index (χ3n) is 6.59. The van der Waals surface area contributed by atoms with Crippen LogP contribution in [0.25, 0.3) is 21.9 Å². The summed E-state index contributed by atoms with van der Waals surface area (Å²) in [6.07, 6.45) is 5.18. The number of hydrogen-bond donors (Lipinski definition) is 0. The van der Waals surface area contributed by atoms with Gasteiger partial charge >= 0.3 is 5.63 Å². The van der Waals surface area contributed by atoms with E-state index in [4.69, 9.17) is 9.15 Å². The van der Waals surface area contributed by atoms with Crippen LogP contribution < -0.4 is 10.4 Å². The number of benzene rings is 2. The lowest BCUT2D eigenvalue weighted by Gasteiger charge is -2.10. The lowest BCUT2D eigenvalue weighted by molar-refractivity contribution is 0.0922. The number of nitrogens with zero attached hydrogens (tertiary/aromatic N) is 1. The van der Waals surface area contributed by atoms with Gasteiger partial charge in [-0.3, -0.25) is 4.79 Å². The van der Waals surface area contributed by atoms with E-state index in [1.165, 1.54) is 6.42 Å². The second kappa shape index (κ2) is 9.65. The van der Waals surface area contributed by atoms with Crippen molar-refractivity contribution in [2.45, 2.75) is 52.9 Å². The Kier molecular flexibility index (Phi) is 6.68. The second-order valence-electron chi connectivity index (χ2n) is 8.71. The highest BCUT2D eigenvalue weighted by Gasteiger charge is 2.19. The van der Waals surface area contributed by atoms with Gasteiger partial charge in [-0.15, -0.1) is 0 Å². The number of rotatable bonds is 9. The highest BCUT2D eigenvalue weighted by molar-refractivity contribution is 6.10. The van der Waals surface area contributed by atoms with Gasteiger partial charge in [0.2, 0.25) is 5.78 Å². The van der Waals surface area contributed by atoms with Crippen LogP contribution in [-0.2, 0) is 13.5 Å². The van der Waals surface area contributed by atoms with E-state index in [2.05, 4.69) is 6.92 Å². The van der Waals surface area contributed by atoms with E-state index >= 15 is 0 Å². The van der Waals surface area contributed by atoms with Gasteiger partial charge < -0.3 is 13.7 Å². The van der Waals surface area contributed by atoms with Crippen LogP contribution in [0.4, 0.5) is 0 Å². The molecular weight excluding hydrogens is 414 g/mol. The SMILES string of the molecule is CCCCCCc1c(C)c2ccc(OCC(=O)c3c(C)n(C)c4ccccc34)cc2oc1=O. The summed E-state index contributed by atoms with van der Waals surface area (Å²) in [5, 5.41) is 1.83. The fourth-order valence-corrected chi connectivity index (χ4v) is 4.58. The first-order chi connectivity index (χ1) is 15.9. The van der Waals surface area contributed by atoms with Crippen LogP contribution in [0.5, 0.6) is 5.75 Å². The Hall–Kier alpha value is -3.34. The molecule has 0 N–H and O–H groups in total. The molecule has 0 saturated heterocycles. The van der Waals surface area contributed by atoms with Crippen molar-refractivity contribution in [2.24, 2.45) is 7.05 Å². The number of hydrogen-bond acceptors (Lipinski definition) is 4. The summed E-state index contributed by atoms with van der Waals surface area (Å²) in [5.74, 6) is 0.427. The predicted octanol–water partition coefficient (Wildman–Crippen LogP) is 6.29. The number of para-hydroxylation sites is 1. The van der Waals surface area contributed by atoms with E-state index in [-0.39, 0.29) is 18.0 Å². The van der Waals surface area contributed by atoms with E-state index in [0.29, 0.717) is 16.9 Å².